The van der Waals surface area contributed by atoms with Crippen LogP contribution in [0.5, 0.6) is 0 Å². The summed E-state index contributed by atoms with van der Waals surface area (Å²) >= 11 is 0. The molecule has 1 aliphatic rings. The van der Waals surface area contributed by atoms with Gasteiger partial charge in [-0.05, 0) is 41.5 Å². The van der Waals surface area contributed by atoms with Gasteiger partial charge in [0.15, 0.2) is 0 Å². The van der Waals surface area contributed by atoms with Gasteiger partial charge in [-0.2, -0.15) is 4.39 Å². The predicted molar refractivity (Wildman–Crippen MR) is 79.3 cm³/mol. The molecular weight excluding hydrogens is 251 g/mol. The number of benzene rings is 1. The zero-order chi connectivity index (χ0) is 14.2. The number of rotatable bonds is 2. The Hall–Kier alpha value is -1.90. The van der Waals surface area contributed by atoms with E-state index in [1.807, 2.05) is 0 Å². The van der Waals surface area contributed by atoms with Gasteiger partial charge in [0.1, 0.15) is 0 Å². The van der Waals surface area contributed by atoms with Gasteiger partial charge in [-0.1, -0.05) is 38.1 Å². The molecular formula is C17H19FN2. The van der Waals surface area contributed by atoms with Gasteiger partial charge >= 0.3 is 0 Å². The van der Waals surface area contributed by atoms with E-state index in [2.05, 4.69) is 48.4 Å². The largest absolute Gasteiger partial charge is 0.377 e. The van der Waals surface area contributed by atoms with Crippen molar-refractivity contribution in [3.05, 3.63) is 59.7 Å². The van der Waals surface area contributed by atoms with Crippen LogP contribution in [-0.2, 0) is 5.41 Å². The second-order valence-electron chi connectivity index (χ2n) is 6.08. The summed E-state index contributed by atoms with van der Waals surface area (Å²) in [6.07, 6.45) is 3.76. The van der Waals surface area contributed by atoms with Gasteiger partial charge in [-0.25, -0.2) is 4.98 Å². The normalized spacial score (nSPS) is 20.2. The van der Waals surface area contributed by atoms with Crippen molar-refractivity contribution in [2.45, 2.75) is 38.1 Å². The smallest absolute Gasteiger partial charge is 0.212 e. The van der Waals surface area contributed by atoms with Gasteiger partial charge in [0.2, 0.25) is 5.95 Å². The zero-order valence-corrected chi connectivity index (χ0v) is 11.9. The van der Waals surface area contributed by atoms with E-state index < -0.39 is 5.95 Å². The molecule has 3 heteroatoms. The summed E-state index contributed by atoms with van der Waals surface area (Å²) in [6, 6.07) is 12.0. The zero-order valence-electron chi connectivity index (χ0n) is 11.9. The van der Waals surface area contributed by atoms with Gasteiger partial charge in [0.05, 0.1) is 17.9 Å². The fourth-order valence-corrected chi connectivity index (χ4v) is 3.02. The topological polar surface area (TPSA) is 24.9 Å². The molecule has 1 aliphatic carbocycles. The molecule has 3 rings (SSSR count). The molecule has 1 aromatic heterocycles. The Labute approximate surface area is 119 Å². The van der Waals surface area contributed by atoms with Gasteiger partial charge in [-0.3, -0.25) is 0 Å². The molecule has 0 saturated heterocycles. The summed E-state index contributed by atoms with van der Waals surface area (Å²) in [6.45, 7) is 4.59. The molecule has 2 aromatic rings. The fraction of sp³-hybridized carbons (Fsp3) is 0.353. The molecule has 104 valence electrons. The second kappa shape index (κ2) is 4.89. The van der Waals surface area contributed by atoms with Gasteiger partial charge in [0, 0.05) is 0 Å². The van der Waals surface area contributed by atoms with E-state index >= 15 is 0 Å². The SMILES string of the molecule is CC1(C)CCC(Nc2ccc(F)nc2)c2ccccc21. The van der Waals surface area contributed by atoms with Crippen LogP contribution in [-0.4, -0.2) is 4.98 Å². The average molecular weight is 270 g/mol. The summed E-state index contributed by atoms with van der Waals surface area (Å²) in [4.78, 5) is 3.70. The van der Waals surface area contributed by atoms with Crippen LogP contribution in [0, 0.1) is 5.95 Å². The lowest BCUT2D eigenvalue weighted by Gasteiger charge is -2.37. The molecule has 2 nitrogen and oxygen atoms in total. The van der Waals surface area contributed by atoms with Crippen LogP contribution < -0.4 is 5.32 Å². The summed E-state index contributed by atoms with van der Waals surface area (Å²) < 4.78 is 12.9. The number of aromatic nitrogens is 1. The summed E-state index contributed by atoms with van der Waals surface area (Å²) in [7, 11) is 0. The summed E-state index contributed by atoms with van der Waals surface area (Å²) in [5.41, 5.74) is 3.83. The highest BCUT2D eigenvalue weighted by atomic mass is 19.1. The minimum Gasteiger partial charge on any atom is -0.377 e. The van der Waals surface area contributed by atoms with Crippen LogP contribution >= 0.6 is 0 Å². The van der Waals surface area contributed by atoms with E-state index in [0.717, 1.165) is 18.5 Å². The monoisotopic (exact) mass is 270 g/mol. The molecule has 1 N–H and O–H groups in total. The molecule has 1 heterocycles. The number of nitrogens with zero attached hydrogens (tertiary/aromatic N) is 1. The summed E-state index contributed by atoms with van der Waals surface area (Å²) in [5, 5.41) is 3.47. The number of pyridine rings is 1. The molecule has 0 saturated carbocycles. The van der Waals surface area contributed by atoms with E-state index in [0.29, 0.717) is 0 Å². The fourth-order valence-electron chi connectivity index (χ4n) is 3.02. The van der Waals surface area contributed by atoms with Crippen LogP contribution in [0.4, 0.5) is 10.1 Å². The summed E-state index contributed by atoms with van der Waals surface area (Å²) in [5.74, 6) is -0.444. The molecule has 0 aliphatic heterocycles. The Kier molecular flexibility index (Phi) is 3.20. The van der Waals surface area contributed by atoms with E-state index in [9.17, 15) is 4.39 Å². The quantitative estimate of drug-likeness (QED) is 0.816. The standard InChI is InChI=1S/C17H19FN2/c1-17(2)10-9-15(13-5-3-4-6-14(13)17)20-12-7-8-16(18)19-11-12/h3-8,11,15,20H,9-10H2,1-2H3. The Bertz CT molecular complexity index is 605. The molecule has 1 atom stereocenters. The molecule has 0 fully saturated rings. The van der Waals surface area contributed by atoms with Crippen molar-refractivity contribution in [1.29, 1.82) is 0 Å². The third-order valence-corrected chi connectivity index (χ3v) is 4.19. The molecule has 20 heavy (non-hydrogen) atoms. The lowest BCUT2D eigenvalue weighted by molar-refractivity contribution is 0.406. The molecule has 0 amide bonds. The minimum atomic E-state index is -0.444. The van der Waals surface area contributed by atoms with Crippen molar-refractivity contribution in [1.82, 2.24) is 4.98 Å². The minimum absolute atomic E-state index is 0.218. The first-order chi connectivity index (χ1) is 9.56. The first kappa shape index (κ1) is 13.1. The Morgan fingerprint density at radius 1 is 1.20 bits per heavy atom. The van der Waals surface area contributed by atoms with E-state index in [1.54, 1.807) is 12.3 Å². The molecule has 1 aromatic carbocycles. The number of halogens is 1. The van der Waals surface area contributed by atoms with E-state index in [4.69, 9.17) is 0 Å². The average Bonchev–Trinajstić information content (AvgIpc) is 2.45. The Morgan fingerprint density at radius 2 is 2.00 bits per heavy atom. The first-order valence-corrected chi connectivity index (χ1v) is 7.04. The van der Waals surface area contributed by atoms with Crippen molar-refractivity contribution >= 4 is 5.69 Å². The maximum Gasteiger partial charge on any atom is 0.212 e. The first-order valence-electron chi connectivity index (χ1n) is 7.04. The van der Waals surface area contributed by atoms with Crippen LogP contribution in [0.15, 0.2) is 42.6 Å². The Balaban J connectivity index is 1.90. The predicted octanol–water partition coefficient (Wildman–Crippen LogP) is 4.45. The molecule has 0 bridgehead atoms. The van der Waals surface area contributed by atoms with Crippen molar-refractivity contribution in [3.63, 3.8) is 0 Å². The van der Waals surface area contributed by atoms with Crippen molar-refractivity contribution in [2.24, 2.45) is 0 Å². The lowest BCUT2D eigenvalue weighted by Crippen LogP contribution is -2.29. The highest BCUT2D eigenvalue weighted by molar-refractivity contribution is 5.47. The van der Waals surface area contributed by atoms with Crippen LogP contribution in [0.1, 0.15) is 43.9 Å². The van der Waals surface area contributed by atoms with Crippen LogP contribution in [0.25, 0.3) is 0 Å². The van der Waals surface area contributed by atoms with E-state index in [1.165, 1.54) is 17.2 Å². The van der Waals surface area contributed by atoms with Crippen LogP contribution in [0.2, 0.25) is 0 Å². The highest BCUT2D eigenvalue weighted by Gasteiger charge is 2.32. The van der Waals surface area contributed by atoms with Gasteiger partial charge < -0.3 is 5.32 Å². The molecule has 0 radical (unpaired) electrons. The van der Waals surface area contributed by atoms with Crippen molar-refractivity contribution in [2.75, 3.05) is 5.32 Å². The number of hydrogen-bond acceptors (Lipinski definition) is 2. The third-order valence-electron chi connectivity index (χ3n) is 4.19. The van der Waals surface area contributed by atoms with Gasteiger partial charge in [-0.15, -0.1) is 0 Å². The number of nitrogens with one attached hydrogen (secondary N) is 1. The van der Waals surface area contributed by atoms with Crippen molar-refractivity contribution < 1.29 is 4.39 Å². The Morgan fingerprint density at radius 3 is 2.75 bits per heavy atom. The number of hydrogen-bond donors (Lipinski definition) is 1. The third kappa shape index (κ3) is 2.40. The molecule has 1 unspecified atom stereocenters. The lowest BCUT2D eigenvalue weighted by atomic mass is 9.71. The second-order valence-corrected chi connectivity index (χ2v) is 6.08. The van der Waals surface area contributed by atoms with Gasteiger partial charge in [0.25, 0.3) is 0 Å². The van der Waals surface area contributed by atoms with E-state index in [-0.39, 0.29) is 11.5 Å². The maximum absolute atomic E-state index is 12.9. The maximum atomic E-state index is 12.9. The molecule has 0 spiro atoms. The highest BCUT2D eigenvalue weighted by Crippen LogP contribution is 2.42. The van der Waals surface area contributed by atoms with Crippen molar-refractivity contribution in [3.8, 4) is 0 Å². The van der Waals surface area contributed by atoms with Crippen LogP contribution in [0.3, 0.4) is 0 Å². The number of fused-ring (bicyclic) bond motifs is 1. The number of anilines is 1.